The highest BCUT2D eigenvalue weighted by Gasteiger charge is 2.36. The third-order valence-electron chi connectivity index (χ3n) is 4.47. The Hall–Kier alpha value is -0.0900. The summed E-state index contributed by atoms with van der Waals surface area (Å²) in [5.74, 6) is 0.968. The number of rotatable bonds is 10. The molecule has 0 heterocycles. The van der Waals surface area contributed by atoms with Crippen LogP contribution in [0.15, 0.2) is 4.99 Å². The topological polar surface area (TPSA) is 79.8 Å². The number of halogens is 1. The lowest BCUT2D eigenvalue weighted by molar-refractivity contribution is 0.0778. The summed E-state index contributed by atoms with van der Waals surface area (Å²) in [5, 5.41) is 6.56. The van der Waals surface area contributed by atoms with Crippen LogP contribution in [0, 0.1) is 5.41 Å². The van der Waals surface area contributed by atoms with Crippen LogP contribution in [-0.2, 0) is 14.6 Å². The molecular formula is C16H34IN3O3S. The van der Waals surface area contributed by atoms with Gasteiger partial charge in [0.05, 0.1) is 5.75 Å². The molecule has 1 saturated carbocycles. The molecule has 2 N–H and O–H groups in total. The van der Waals surface area contributed by atoms with Crippen LogP contribution in [0.25, 0.3) is 0 Å². The van der Waals surface area contributed by atoms with E-state index in [2.05, 4.69) is 10.6 Å². The highest BCUT2D eigenvalue weighted by molar-refractivity contribution is 14.0. The highest BCUT2D eigenvalue weighted by atomic mass is 127. The molecule has 1 unspecified atom stereocenters. The first-order valence-corrected chi connectivity index (χ1v) is 10.6. The van der Waals surface area contributed by atoms with Gasteiger partial charge in [0.1, 0.15) is 9.84 Å². The Morgan fingerprint density at radius 3 is 2.50 bits per heavy atom. The van der Waals surface area contributed by atoms with E-state index in [9.17, 15) is 8.42 Å². The molecule has 1 atom stereocenters. The van der Waals surface area contributed by atoms with Gasteiger partial charge in [0.15, 0.2) is 5.96 Å². The van der Waals surface area contributed by atoms with Crippen molar-refractivity contribution in [2.75, 3.05) is 38.8 Å². The molecule has 1 aliphatic rings. The van der Waals surface area contributed by atoms with E-state index >= 15 is 0 Å². The van der Waals surface area contributed by atoms with Gasteiger partial charge in [-0.05, 0) is 44.9 Å². The molecule has 6 nitrogen and oxygen atoms in total. The van der Waals surface area contributed by atoms with Crippen molar-refractivity contribution in [3.8, 4) is 0 Å². The Morgan fingerprint density at radius 1 is 1.38 bits per heavy atom. The fourth-order valence-electron chi connectivity index (χ4n) is 2.75. The molecule has 1 fully saturated rings. The number of guanidine groups is 1. The van der Waals surface area contributed by atoms with Crippen molar-refractivity contribution < 1.29 is 13.2 Å². The molecule has 1 rings (SSSR count). The zero-order valence-electron chi connectivity index (χ0n) is 15.4. The Labute approximate surface area is 164 Å². The Kier molecular flexibility index (Phi) is 11.5. The van der Waals surface area contributed by atoms with Crippen molar-refractivity contribution in [2.45, 2.75) is 52.0 Å². The maximum Gasteiger partial charge on any atom is 0.191 e. The third-order valence-corrected chi connectivity index (χ3v) is 5.45. The van der Waals surface area contributed by atoms with Gasteiger partial charge >= 0.3 is 0 Å². The molecule has 0 spiro atoms. The number of hydrogen-bond donors (Lipinski definition) is 2. The Balaban J connectivity index is 0.00000529. The molecule has 0 saturated heterocycles. The molecule has 8 heteroatoms. The Bertz CT molecular complexity index is 479. The van der Waals surface area contributed by atoms with Crippen LogP contribution in [0.1, 0.15) is 46.0 Å². The predicted molar refractivity (Wildman–Crippen MR) is 111 cm³/mol. The fourth-order valence-corrected chi connectivity index (χ4v) is 3.53. The number of ether oxygens (including phenoxy) is 1. The fraction of sp³-hybridized carbons (Fsp3) is 0.938. The number of nitrogens with one attached hydrogen (secondary N) is 2. The minimum absolute atomic E-state index is 0. The number of aliphatic imine (C=N–C) groups is 1. The van der Waals surface area contributed by atoms with Crippen LogP contribution in [0.3, 0.4) is 0 Å². The van der Waals surface area contributed by atoms with Crippen molar-refractivity contribution in [1.82, 2.24) is 10.6 Å². The lowest BCUT2D eigenvalue weighted by atomic mass is 9.67. The smallest absolute Gasteiger partial charge is 0.191 e. The van der Waals surface area contributed by atoms with E-state index in [0.29, 0.717) is 6.42 Å². The molecule has 0 aliphatic heterocycles. The molecule has 0 radical (unpaired) electrons. The van der Waals surface area contributed by atoms with Crippen molar-refractivity contribution in [1.29, 1.82) is 0 Å². The van der Waals surface area contributed by atoms with Crippen LogP contribution >= 0.6 is 24.0 Å². The molecule has 1 aliphatic carbocycles. The minimum atomic E-state index is -2.92. The summed E-state index contributed by atoms with van der Waals surface area (Å²) in [4.78, 5) is 4.73. The molecule has 0 aromatic rings. The van der Waals surface area contributed by atoms with Gasteiger partial charge in [0.25, 0.3) is 0 Å². The SMILES string of the molecule is CCNC(=NCC1(CCOC)CCC1)NC(C)CCS(C)(=O)=O.I. The van der Waals surface area contributed by atoms with Crippen molar-refractivity contribution >= 4 is 39.8 Å². The van der Waals surface area contributed by atoms with E-state index in [-0.39, 0.29) is 41.2 Å². The lowest BCUT2D eigenvalue weighted by Gasteiger charge is -2.41. The second-order valence-corrected chi connectivity index (χ2v) is 9.02. The zero-order chi connectivity index (χ0) is 17.3. The maximum atomic E-state index is 11.3. The number of sulfone groups is 1. The van der Waals surface area contributed by atoms with Crippen LogP contribution in [0.2, 0.25) is 0 Å². The summed E-state index contributed by atoms with van der Waals surface area (Å²) in [6.07, 6.45) is 6.60. The van der Waals surface area contributed by atoms with E-state index in [1.165, 1.54) is 25.5 Å². The second kappa shape index (κ2) is 11.5. The van der Waals surface area contributed by atoms with Crippen LogP contribution in [-0.4, -0.2) is 59.2 Å². The van der Waals surface area contributed by atoms with E-state index in [1.54, 1.807) is 7.11 Å². The van der Waals surface area contributed by atoms with Gasteiger partial charge in [-0.15, -0.1) is 24.0 Å². The normalized spacial score (nSPS) is 18.2. The summed E-state index contributed by atoms with van der Waals surface area (Å²) >= 11 is 0. The van der Waals surface area contributed by atoms with Crippen molar-refractivity contribution in [3.63, 3.8) is 0 Å². The van der Waals surface area contributed by atoms with Crippen LogP contribution in [0.4, 0.5) is 0 Å². The standard InChI is InChI=1S/C16H33N3O3S.HI/c1-5-17-15(19-14(2)7-12-23(4,20)21)18-13-16(8-6-9-16)10-11-22-3;/h14H,5-13H2,1-4H3,(H2,17,18,19);1H. The van der Waals surface area contributed by atoms with E-state index in [1.807, 2.05) is 13.8 Å². The largest absolute Gasteiger partial charge is 0.385 e. The summed E-state index contributed by atoms with van der Waals surface area (Å²) in [6, 6.07) is 0.0684. The van der Waals surface area contributed by atoms with Gasteiger partial charge in [-0.3, -0.25) is 4.99 Å². The summed E-state index contributed by atoms with van der Waals surface area (Å²) in [5.41, 5.74) is 0.286. The second-order valence-electron chi connectivity index (χ2n) is 6.76. The molecule has 0 aromatic carbocycles. The van der Waals surface area contributed by atoms with Gasteiger partial charge in [-0.25, -0.2) is 8.42 Å². The number of nitrogens with zero attached hydrogens (tertiary/aromatic N) is 1. The molecule has 0 bridgehead atoms. The van der Waals surface area contributed by atoms with Gasteiger partial charge in [-0.2, -0.15) is 0 Å². The average Bonchev–Trinajstić information content (AvgIpc) is 2.43. The monoisotopic (exact) mass is 475 g/mol. The van der Waals surface area contributed by atoms with Gasteiger partial charge in [0, 0.05) is 39.1 Å². The summed E-state index contributed by atoms with van der Waals surface area (Å²) in [6.45, 7) is 6.38. The van der Waals surface area contributed by atoms with Gasteiger partial charge in [0.2, 0.25) is 0 Å². The minimum Gasteiger partial charge on any atom is -0.385 e. The molecule has 144 valence electrons. The maximum absolute atomic E-state index is 11.3. The number of methoxy groups -OCH3 is 1. The molecule has 0 aromatic heterocycles. The quantitative estimate of drug-likeness (QED) is 0.288. The van der Waals surface area contributed by atoms with Gasteiger partial charge in [-0.1, -0.05) is 6.42 Å². The predicted octanol–water partition coefficient (Wildman–Crippen LogP) is 2.19. The van der Waals surface area contributed by atoms with E-state index < -0.39 is 9.84 Å². The first-order valence-electron chi connectivity index (χ1n) is 8.52. The summed E-state index contributed by atoms with van der Waals surface area (Å²) in [7, 11) is -1.18. The first-order chi connectivity index (χ1) is 10.8. The van der Waals surface area contributed by atoms with Crippen molar-refractivity contribution in [3.05, 3.63) is 0 Å². The van der Waals surface area contributed by atoms with Crippen molar-refractivity contribution in [2.24, 2.45) is 10.4 Å². The molecule has 0 amide bonds. The van der Waals surface area contributed by atoms with E-state index in [4.69, 9.17) is 9.73 Å². The summed E-state index contributed by atoms with van der Waals surface area (Å²) < 4.78 is 27.8. The number of hydrogen-bond acceptors (Lipinski definition) is 4. The van der Waals surface area contributed by atoms with Crippen LogP contribution < -0.4 is 10.6 Å². The molecule has 24 heavy (non-hydrogen) atoms. The van der Waals surface area contributed by atoms with Crippen LogP contribution in [0.5, 0.6) is 0 Å². The first kappa shape index (κ1) is 23.9. The molecular weight excluding hydrogens is 441 g/mol. The van der Waals surface area contributed by atoms with Gasteiger partial charge < -0.3 is 15.4 Å². The zero-order valence-corrected chi connectivity index (χ0v) is 18.6. The Morgan fingerprint density at radius 2 is 2.04 bits per heavy atom. The lowest BCUT2D eigenvalue weighted by Crippen LogP contribution is -2.44. The van der Waals surface area contributed by atoms with E-state index in [0.717, 1.165) is 32.1 Å². The third kappa shape index (κ3) is 9.41. The highest BCUT2D eigenvalue weighted by Crippen LogP contribution is 2.44. The average molecular weight is 475 g/mol.